The Morgan fingerprint density at radius 1 is 1.10 bits per heavy atom. The van der Waals surface area contributed by atoms with Crippen LogP contribution in [-0.2, 0) is 6.42 Å². The van der Waals surface area contributed by atoms with Crippen molar-refractivity contribution >= 4 is 0 Å². The largest absolute Gasteiger partial charge is 0.493 e. The maximum absolute atomic E-state index is 5.92. The van der Waals surface area contributed by atoms with Gasteiger partial charge in [0.25, 0.3) is 5.89 Å². The zero-order valence-corrected chi connectivity index (χ0v) is 18.8. The second kappa shape index (κ2) is 9.50. The molecular formula is C25H30N3O3. The Labute approximate surface area is 184 Å². The summed E-state index contributed by atoms with van der Waals surface area (Å²) < 4.78 is 17.0. The molecule has 0 spiro atoms. The minimum Gasteiger partial charge on any atom is -0.493 e. The van der Waals surface area contributed by atoms with Gasteiger partial charge in [-0.25, -0.2) is 4.98 Å². The monoisotopic (exact) mass is 420 g/mol. The van der Waals surface area contributed by atoms with Crippen LogP contribution in [0.4, 0.5) is 0 Å². The third kappa shape index (κ3) is 4.58. The summed E-state index contributed by atoms with van der Waals surface area (Å²) in [6.07, 6.45) is 7.69. The first-order valence-electron chi connectivity index (χ1n) is 11.1. The highest BCUT2D eigenvalue weighted by Crippen LogP contribution is 2.36. The van der Waals surface area contributed by atoms with Crippen LogP contribution in [0.25, 0.3) is 22.8 Å². The van der Waals surface area contributed by atoms with Gasteiger partial charge < -0.3 is 14.0 Å². The highest BCUT2D eigenvalue weighted by Gasteiger charge is 2.22. The van der Waals surface area contributed by atoms with Crippen molar-refractivity contribution in [3.8, 4) is 34.5 Å². The highest BCUT2D eigenvalue weighted by atomic mass is 16.5. The molecule has 163 valence electrons. The number of rotatable bonds is 8. The molecule has 0 amide bonds. The van der Waals surface area contributed by atoms with Gasteiger partial charge in [-0.15, -0.1) is 0 Å². The summed E-state index contributed by atoms with van der Waals surface area (Å²) in [5.74, 6) is 3.04. The molecule has 1 aliphatic carbocycles. The molecule has 6 nitrogen and oxygen atoms in total. The molecule has 1 aliphatic rings. The zero-order chi connectivity index (χ0) is 21.8. The van der Waals surface area contributed by atoms with E-state index in [9.17, 15) is 0 Å². The molecule has 0 saturated heterocycles. The van der Waals surface area contributed by atoms with Gasteiger partial charge in [-0.3, -0.25) is 0 Å². The summed E-state index contributed by atoms with van der Waals surface area (Å²) in [6.45, 7) is 6.75. The normalized spacial score (nSPS) is 14.2. The fourth-order valence-corrected chi connectivity index (χ4v) is 4.25. The fraction of sp³-hybridized carbons (Fsp3) is 0.440. The van der Waals surface area contributed by atoms with Crippen LogP contribution in [0, 0.1) is 13.3 Å². The Morgan fingerprint density at radius 2 is 1.90 bits per heavy atom. The van der Waals surface area contributed by atoms with Crippen molar-refractivity contribution in [1.82, 2.24) is 15.1 Å². The van der Waals surface area contributed by atoms with Crippen LogP contribution in [0.3, 0.4) is 0 Å². The van der Waals surface area contributed by atoms with Crippen molar-refractivity contribution in [2.24, 2.45) is 0 Å². The lowest BCUT2D eigenvalue weighted by atomic mass is 10.0. The van der Waals surface area contributed by atoms with Crippen molar-refractivity contribution in [2.45, 2.75) is 58.8 Å². The van der Waals surface area contributed by atoms with Gasteiger partial charge in [0.05, 0.1) is 13.7 Å². The third-order valence-corrected chi connectivity index (χ3v) is 5.86. The lowest BCUT2D eigenvalue weighted by molar-refractivity contribution is 0.343. The number of methoxy groups -OCH3 is 1. The lowest BCUT2D eigenvalue weighted by Gasteiger charge is -2.14. The highest BCUT2D eigenvalue weighted by molar-refractivity contribution is 5.64. The van der Waals surface area contributed by atoms with Crippen LogP contribution in [0.15, 0.2) is 28.8 Å². The Balaban J connectivity index is 1.67. The number of pyridine rings is 1. The molecule has 31 heavy (non-hydrogen) atoms. The van der Waals surface area contributed by atoms with Crippen LogP contribution < -0.4 is 9.47 Å². The van der Waals surface area contributed by atoms with Crippen molar-refractivity contribution in [1.29, 1.82) is 0 Å². The number of aromatic nitrogens is 3. The first-order chi connectivity index (χ1) is 15.1. The van der Waals surface area contributed by atoms with Gasteiger partial charge >= 0.3 is 0 Å². The predicted molar refractivity (Wildman–Crippen MR) is 120 cm³/mol. The molecule has 2 heterocycles. The summed E-state index contributed by atoms with van der Waals surface area (Å²) in [7, 11) is 1.64. The molecule has 0 N–H and O–H groups in total. The summed E-state index contributed by atoms with van der Waals surface area (Å²) in [4.78, 5) is 9.36. The van der Waals surface area contributed by atoms with E-state index in [4.69, 9.17) is 19.0 Å². The molecule has 1 saturated carbocycles. The molecule has 6 heteroatoms. The molecule has 1 radical (unpaired) electrons. The lowest BCUT2D eigenvalue weighted by Crippen LogP contribution is -2.02. The van der Waals surface area contributed by atoms with Crippen LogP contribution in [-0.4, -0.2) is 28.8 Å². The van der Waals surface area contributed by atoms with Crippen LogP contribution >= 0.6 is 0 Å². The second-order valence-corrected chi connectivity index (χ2v) is 8.08. The molecule has 0 aliphatic heterocycles. The SMILES string of the molecule is C[CH]COc1c(C)cc(-c2noc(-c3cc(OC)nc(C4CCCC4)c3)n2)cc1CC. The van der Waals surface area contributed by atoms with E-state index in [1.165, 1.54) is 12.8 Å². The van der Waals surface area contributed by atoms with E-state index < -0.39 is 0 Å². The van der Waals surface area contributed by atoms with Crippen molar-refractivity contribution in [3.63, 3.8) is 0 Å². The summed E-state index contributed by atoms with van der Waals surface area (Å²) in [5.41, 5.74) is 5.02. The van der Waals surface area contributed by atoms with Crippen LogP contribution in [0.2, 0.25) is 0 Å². The number of hydrogen-bond acceptors (Lipinski definition) is 6. The number of aryl methyl sites for hydroxylation is 2. The molecular weight excluding hydrogens is 390 g/mol. The molecule has 4 rings (SSSR count). The topological polar surface area (TPSA) is 70.3 Å². The molecule has 3 aromatic rings. The molecule has 1 aromatic carbocycles. The van der Waals surface area contributed by atoms with E-state index in [2.05, 4.69) is 42.2 Å². The molecule has 0 atom stereocenters. The minimum absolute atomic E-state index is 0.471. The molecule has 1 fully saturated rings. The number of benzene rings is 1. The first kappa shape index (κ1) is 21.3. The fourth-order valence-electron chi connectivity index (χ4n) is 4.25. The molecule has 0 bridgehead atoms. The Hall–Kier alpha value is -2.89. The van der Waals surface area contributed by atoms with Crippen molar-refractivity contribution in [2.75, 3.05) is 13.7 Å². The van der Waals surface area contributed by atoms with E-state index >= 15 is 0 Å². The van der Waals surface area contributed by atoms with E-state index in [1.54, 1.807) is 7.11 Å². The smallest absolute Gasteiger partial charge is 0.258 e. The quantitative estimate of drug-likeness (QED) is 0.449. The van der Waals surface area contributed by atoms with E-state index in [-0.39, 0.29) is 0 Å². The predicted octanol–water partition coefficient (Wildman–Crippen LogP) is 5.94. The zero-order valence-electron chi connectivity index (χ0n) is 18.8. The first-order valence-corrected chi connectivity index (χ1v) is 11.1. The average molecular weight is 421 g/mol. The molecule has 2 aromatic heterocycles. The van der Waals surface area contributed by atoms with E-state index in [0.717, 1.165) is 53.0 Å². The maximum Gasteiger partial charge on any atom is 0.258 e. The minimum atomic E-state index is 0.471. The summed E-state index contributed by atoms with van der Waals surface area (Å²) in [6, 6.07) is 8.06. The van der Waals surface area contributed by atoms with E-state index in [0.29, 0.717) is 30.1 Å². The van der Waals surface area contributed by atoms with Crippen LogP contribution in [0.5, 0.6) is 11.6 Å². The van der Waals surface area contributed by atoms with Crippen molar-refractivity contribution in [3.05, 3.63) is 47.5 Å². The summed E-state index contributed by atoms with van der Waals surface area (Å²) >= 11 is 0. The standard InChI is InChI=1S/C25H30N3O3/c1-5-11-30-23-16(3)12-19(13-17(23)6-2)24-27-25(31-28-24)20-14-21(18-9-7-8-10-18)26-22(15-20)29-4/h5,12-15,18H,6-11H2,1-4H3. The summed E-state index contributed by atoms with van der Waals surface area (Å²) in [5, 5.41) is 4.26. The van der Waals surface area contributed by atoms with Crippen LogP contribution in [0.1, 0.15) is 62.3 Å². The maximum atomic E-state index is 5.92. The number of hydrogen-bond donors (Lipinski definition) is 0. The van der Waals surface area contributed by atoms with Gasteiger partial charge in [0.15, 0.2) is 0 Å². The van der Waals surface area contributed by atoms with Gasteiger partial charge in [0.2, 0.25) is 11.7 Å². The number of ether oxygens (including phenoxy) is 2. The molecule has 0 unspecified atom stereocenters. The van der Waals surface area contributed by atoms with E-state index in [1.807, 2.05) is 19.4 Å². The van der Waals surface area contributed by atoms with Gasteiger partial charge in [0.1, 0.15) is 5.75 Å². The van der Waals surface area contributed by atoms with Gasteiger partial charge in [0, 0.05) is 28.8 Å². The average Bonchev–Trinajstić information content (AvgIpc) is 3.50. The number of nitrogens with zero attached hydrogens (tertiary/aromatic N) is 3. The Morgan fingerprint density at radius 3 is 2.61 bits per heavy atom. The van der Waals surface area contributed by atoms with Gasteiger partial charge in [-0.2, -0.15) is 4.98 Å². The Kier molecular flexibility index (Phi) is 6.54. The van der Waals surface area contributed by atoms with Crippen molar-refractivity contribution < 1.29 is 14.0 Å². The third-order valence-electron chi connectivity index (χ3n) is 5.86. The van der Waals surface area contributed by atoms with Gasteiger partial charge in [-0.1, -0.05) is 31.8 Å². The Bertz CT molecular complexity index is 1040. The van der Waals surface area contributed by atoms with Gasteiger partial charge in [-0.05, 0) is 61.9 Å². The second-order valence-electron chi connectivity index (χ2n) is 8.08.